The van der Waals surface area contributed by atoms with Crippen LogP contribution in [0, 0.1) is 12.7 Å². The minimum atomic E-state index is -0.505. The van der Waals surface area contributed by atoms with Gasteiger partial charge in [0.15, 0.2) is 0 Å². The Labute approximate surface area is 90.9 Å². The highest BCUT2D eigenvalue weighted by molar-refractivity contribution is 8.14. The average Bonchev–Trinajstić information content (AvgIpc) is 2.11. The van der Waals surface area contributed by atoms with Crippen molar-refractivity contribution in [3.63, 3.8) is 0 Å². The van der Waals surface area contributed by atoms with Crippen molar-refractivity contribution in [1.82, 2.24) is 4.98 Å². The fraction of sp³-hybridized carbons (Fsp3) is 0.333. The number of thioether (sulfide) groups is 1. The molecule has 1 aromatic rings. The number of aromatic nitrogens is 1. The molecule has 0 spiro atoms. The Balaban J connectivity index is 3.09. The van der Waals surface area contributed by atoms with E-state index in [4.69, 9.17) is 11.6 Å². The molecule has 0 atom stereocenters. The van der Waals surface area contributed by atoms with Gasteiger partial charge < -0.3 is 0 Å². The molecular formula is C9H9ClFNOS. The number of carbonyl (C=O) groups excluding carboxylic acids is 1. The van der Waals surface area contributed by atoms with E-state index in [9.17, 15) is 9.18 Å². The van der Waals surface area contributed by atoms with Crippen molar-refractivity contribution in [3.8, 4) is 0 Å². The van der Waals surface area contributed by atoms with Crippen LogP contribution in [0.15, 0.2) is 6.07 Å². The van der Waals surface area contributed by atoms with Crippen LogP contribution in [-0.2, 0) is 0 Å². The van der Waals surface area contributed by atoms with Crippen LogP contribution < -0.4 is 0 Å². The number of rotatable bonds is 2. The van der Waals surface area contributed by atoms with Gasteiger partial charge in [-0.1, -0.05) is 30.3 Å². The molecular weight excluding hydrogens is 225 g/mol. The number of hydrogen-bond donors (Lipinski definition) is 0. The van der Waals surface area contributed by atoms with E-state index in [0.29, 0.717) is 5.75 Å². The number of hydrogen-bond acceptors (Lipinski definition) is 3. The largest absolute Gasteiger partial charge is 0.281 e. The number of nitrogens with zero attached hydrogens (tertiary/aromatic N) is 1. The van der Waals surface area contributed by atoms with Gasteiger partial charge in [-0.2, -0.15) is 0 Å². The molecule has 1 rings (SSSR count). The monoisotopic (exact) mass is 233 g/mol. The van der Waals surface area contributed by atoms with Gasteiger partial charge in [-0.3, -0.25) is 4.79 Å². The highest BCUT2D eigenvalue weighted by Gasteiger charge is 2.14. The maximum Gasteiger partial charge on any atom is 0.222 e. The molecule has 0 aromatic carbocycles. The highest BCUT2D eigenvalue weighted by Crippen LogP contribution is 2.21. The fourth-order valence-corrected chi connectivity index (χ4v) is 1.80. The number of aryl methyl sites for hydroxylation is 1. The van der Waals surface area contributed by atoms with Crippen LogP contribution >= 0.6 is 23.4 Å². The van der Waals surface area contributed by atoms with Crippen molar-refractivity contribution >= 4 is 28.5 Å². The molecule has 0 fully saturated rings. The maximum absolute atomic E-state index is 13.1. The third-order valence-corrected chi connectivity index (χ3v) is 2.66. The summed E-state index contributed by atoms with van der Waals surface area (Å²) in [5, 5.41) is -0.182. The molecule has 1 heterocycles. The van der Waals surface area contributed by atoms with E-state index < -0.39 is 5.82 Å². The van der Waals surface area contributed by atoms with Crippen LogP contribution in [0.5, 0.6) is 0 Å². The minimum Gasteiger partial charge on any atom is -0.281 e. The summed E-state index contributed by atoms with van der Waals surface area (Å²) in [6.45, 7) is 3.34. The molecule has 0 aliphatic carbocycles. The van der Waals surface area contributed by atoms with Crippen LogP contribution in [0.4, 0.5) is 4.39 Å². The molecule has 14 heavy (non-hydrogen) atoms. The molecule has 5 heteroatoms. The molecule has 2 nitrogen and oxygen atoms in total. The fourth-order valence-electron chi connectivity index (χ4n) is 0.904. The Morgan fingerprint density at radius 1 is 1.71 bits per heavy atom. The molecule has 0 saturated heterocycles. The van der Waals surface area contributed by atoms with Crippen molar-refractivity contribution in [2.24, 2.45) is 0 Å². The lowest BCUT2D eigenvalue weighted by Gasteiger charge is -2.03. The highest BCUT2D eigenvalue weighted by atomic mass is 35.5. The maximum atomic E-state index is 13.1. The molecule has 0 aliphatic heterocycles. The van der Waals surface area contributed by atoms with Gasteiger partial charge in [0.2, 0.25) is 5.12 Å². The quantitative estimate of drug-likeness (QED) is 0.736. The van der Waals surface area contributed by atoms with Gasteiger partial charge in [-0.25, -0.2) is 9.37 Å². The molecule has 76 valence electrons. The van der Waals surface area contributed by atoms with Crippen LogP contribution in [0.3, 0.4) is 0 Å². The van der Waals surface area contributed by atoms with Crippen LogP contribution in [0.2, 0.25) is 5.15 Å². The van der Waals surface area contributed by atoms with Gasteiger partial charge in [0.1, 0.15) is 11.0 Å². The Kier molecular flexibility index (Phi) is 3.89. The average molecular weight is 234 g/mol. The van der Waals surface area contributed by atoms with E-state index in [-0.39, 0.29) is 21.5 Å². The molecule has 0 aliphatic rings. The first-order valence-electron chi connectivity index (χ1n) is 4.06. The summed E-state index contributed by atoms with van der Waals surface area (Å²) in [5.74, 6) is 0.124. The first-order chi connectivity index (χ1) is 6.56. The Bertz CT molecular complexity index is 370. The predicted molar refractivity (Wildman–Crippen MR) is 56.4 cm³/mol. The molecule has 0 amide bonds. The minimum absolute atomic E-state index is 0.0647. The Hall–Kier alpha value is -0.610. The lowest BCUT2D eigenvalue weighted by Crippen LogP contribution is -2.00. The van der Waals surface area contributed by atoms with E-state index in [0.717, 1.165) is 17.8 Å². The smallest absolute Gasteiger partial charge is 0.222 e. The lowest BCUT2D eigenvalue weighted by molar-refractivity contribution is 0.108. The van der Waals surface area contributed by atoms with E-state index in [1.165, 1.54) is 6.92 Å². The zero-order valence-electron chi connectivity index (χ0n) is 7.80. The molecule has 1 aromatic heterocycles. The van der Waals surface area contributed by atoms with Gasteiger partial charge in [0, 0.05) is 0 Å². The summed E-state index contributed by atoms with van der Waals surface area (Å²) in [7, 11) is 0. The number of halogens is 2. The summed E-state index contributed by atoms with van der Waals surface area (Å²) in [4.78, 5) is 15.1. The van der Waals surface area contributed by atoms with Gasteiger partial charge in [0.25, 0.3) is 0 Å². The second-order valence-electron chi connectivity index (χ2n) is 2.61. The van der Waals surface area contributed by atoms with E-state index in [2.05, 4.69) is 4.98 Å². The summed E-state index contributed by atoms with van der Waals surface area (Å²) < 4.78 is 13.1. The van der Waals surface area contributed by atoms with Gasteiger partial charge in [-0.05, 0) is 18.7 Å². The van der Waals surface area contributed by atoms with Crippen LogP contribution in [-0.4, -0.2) is 15.9 Å². The third kappa shape index (κ3) is 2.45. The summed E-state index contributed by atoms with van der Waals surface area (Å²) in [5.41, 5.74) is 0.342. The standard InChI is InChI=1S/C9H9ClFNOS/c1-3-14-9(13)6-4-7(11)5(2)12-8(6)10/h4H,3H2,1-2H3. The molecule has 0 saturated carbocycles. The van der Waals surface area contributed by atoms with E-state index in [1.54, 1.807) is 0 Å². The second-order valence-corrected chi connectivity index (χ2v) is 4.21. The zero-order chi connectivity index (χ0) is 10.7. The topological polar surface area (TPSA) is 30.0 Å². The van der Waals surface area contributed by atoms with Gasteiger partial charge in [-0.15, -0.1) is 0 Å². The van der Waals surface area contributed by atoms with Crippen molar-refractivity contribution < 1.29 is 9.18 Å². The van der Waals surface area contributed by atoms with Crippen molar-refractivity contribution in [3.05, 3.63) is 28.3 Å². The summed E-state index contributed by atoms with van der Waals surface area (Å²) in [6, 6.07) is 1.13. The predicted octanol–water partition coefficient (Wildman–Crippen LogP) is 3.08. The van der Waals surface area contributed by atoms with Gasteiger partial charge in [0.05, 0.1) is 11.3 Å². The zero-order valence-corrected chi connectivity index (χ0v) is 9.38. The Morgan fingerprint density at radius 2 is 2.36 bits per heavy atom. The van der Waals surface area contributed by atoms with Crippen molar-refractivity contribution in [1.29, 1.82) is 0 Å². The van der Waals surface area contributed by atoms with Crippen LogP contribution in [0.1, 0.15) is 23.0 Å². The molecule has 0 N–H and O–H groups in total. The second kappa shape index (κ2) is 4.75. The van der Waals surface area contributed by atoms with Crippen molar-refractivity contribution in [2.75, 3.05) is 5.75 Å². The van der Waals surface area contributed by atoms with E-state index >= 15 is 0 Å². The summed E-state index contributed by atoms with van der Waals surface area (Å²) >= 11 is 6.80. The lowest BCUT2D eigenvalue weighted by atomic mass is 10.2. The normalized spacial score (nSPS) is 10.3. The number of pyridine rings is 1. The first-order valence-corrected chi connectivity index (χ1v) is 5.42. The van der Waals surface area contributed by atoms with Crippen LogP contribution in [0.25, 0.3) is 0 Å². The molecule has 0 radical (unpaired) electrons. The third-order valence-electron chi connectivity index (χ3n) is 1.60. The SMILES string of the molecule is CCSC(=O)c1cc(F)c(C)nc1Cl. The van der Waals surface area contributed by atoms with Gasteiger partial charge >= 0.3 is 0 Å². The Morgan fingerprint density at radius 3 is 2.93 bits per heavy atom. The van der Waals surface area contributed by atoms with Crippen molar-refractivity contribution in [2.45, 2.75) is 13.8 Å². The first kappa shape index (κ1) is 11.5. The molecule has 0 bridgehead atoms. The number of carbonyl (C=O) groups is 1. The summed E-state index contributed by atoms with van der Waals surface area (Å²) in [6.07, 6.45) is 0. The van der Waals surface area contributed by atoms with E-state index in [1.807, 2.05) is 6.92 Å². The molecule has 0 unspecified atom stereocenters.